The molecule has 0 bridgehead atoms. The molecule has 2 heterocycles. The van der Waals surface area contributed by atoms with Crippen LogP contribution in [0.3, 0.4) is 0 Å². The third-order valence-corrected chi connectivity index (χ3v) is 2.49. The van der Waals surface area contributed by atoms with Crippen molar-refractivity contribution < 1.29 is 0 Å². The van der Waals surface area contributed by atoms with Crippen LogP contribution in [0.2, 0.25) is 0 Å². The Balaban J connectivity index is 2.24. The van der Waals surface area contributed by atoms with Gasteiger partial charge in [0.2, 0.25) is 0 Å². The van der Waals surface area contributed by atoms with Gasteiger partial charge in [0.15, 0.2) is 0 Å². The van der Waals surface area contributed by atoms with Gasteiger partial charge in [-0.25, -0.2) is 15.0 Å². The van der Waals surface area contributed by atoms with Gasteiger partial charge in [0.25, 0.3) is 5.95 Å². The standard InChI is InChI=1S/C12H18N6/c1-4-5-13-7-11-14-8-15-18(11)12-16-9(2)6-10(3)17-12/h6,8,13H,4-5,7H2,1-3H3. The van der Waals surface area contributed by atoms with Crippen molar-refractivity contribution >= 4 is 0 Å². The van der Waals surface area contributed by atoms with Crippen molar-refractivity contribution in [1.82, 2.24) is 30.0 Å². The molecule has 0 radical (unpaired) electrons. The molecule has 0 aliphatic heterocycles. The van der Waals surface area contributed by atoms with Crippen LogP contribution in [0.5, 0.6) is 0 Å². The largest absolute Gasteiger partial charge is 0.310 e. The molecule has 0 unspecified atom stereocenters. The lowest BCUT2D eigenvalue weighted by Gasteiger charge is -2.06. The molecule has 0 spiro atoms. The van der Waals surface area contributed by atoms with Crippen LogP contribution in [0, 0.1) is 13.8 Å². The molecule has 2 aromatic heterocycles. The first-order valence-corrected chi connectivity index (χ1v) is 6.13. The van der Waals surface area contributed by atoms with Crippen molar-refractivity contribution in [3.05, 3.63) is 29.6 Å². The minimum absolute atomic E-state index is 0.582. The lowest BCUT2D eigenvalue weighted by Crippen LogP contribution is -2.18. The molecule has 2 rings (SSSR count). The van der Waals surface area contributed by atoms with Gasteiger partial charge < -0.3 is 5.32 Å². The first kappa shape index (κ1) is 12.6. The van der Waals surface area contributed by atoms with Crippen LogP contribution in [-0.4, -0.2) is 31.3 Å². The number of nitrogens with zero attached hydrogens (tertiary/aromatic N) is 5. The third kappa shape index (κ3) is 2.89. The topological polar surface area (TPSA) is 68.5 Å². The number of hydrogen-bond donors (Lipinski definition) is 1. The number of aryl methyl sites for hydroxylation is 2. The van der Waals surface area contributed by atoms with E-state index in [2.05, 4.69) is 32.3 Å². The second-order valence-electron chi connectivity index (χ2n) is 4.22. The Morgan fingerprint density at radius 1 is 1.22 bits per heavy atom. The highest BCUT2D eigenvalue weighted by Gasteiger charge is 2.09. The van der Waals surface area contributed by atoms with E-state index in [4.69, 9.17) is 0 Å². The van der Waals surface area contributed by atoms with E-state index in [-0.39, 0.29) is 0 Å². The van der Waals surface area contributed by atoms with E-state index in [1.54, 1.807) is 4.68 Å². The molecule has 18 heavy (non-hydrogen) atoms. The average molecular weight is 246 g/mol. The summed E-state index contributed by atoms with van der Waals surface area (Å²) in [5, 5.41) is 7.49. The smallest absolute Gasteiger partial charge is 0.252 e. The molecule has 0 saturated carbocycles. The Hall–Kier alpha value is -1.82. The van der Waals surface area contributed by atoms with Crippen LogP contribution in [0.15, 0.2) is 12.4 Å². The third-order valence-electron chi connectivity index (χ3n) is 2.49. The first-order chi connectivity index (χ1) is 8.70. The normalized spacial score (nSPS) is 10.8. The number of nitrogens with one attached hydrogen (secondary N) is 1. The predicted molar refractivity (Wildman–Crippen MR) is 68.4 cm³/mol. The van der Waals surface area contributed by atoms with Crippen molar-refractivity contribution in [1.29, 1.82) is 0 Å². The van der Waals surface area contributed by atoms with Crippen molar-refractivity contribution in [2.75, 3.05) is 6.54 Å². The minimum Gasteiger partial charge on any atom is -0.310 e. The van der Waals surface area contributed by atoms with Crippen molar-refractivity contribution in [2.24, 2.45) is 0 Å². The molecule has 96 valence electrons. The van der Waals surface area contributed by atoms with Gasteiger partial charge >= 0.3 is 0 Å². The monoisotopic (exact) mass is 246 g/mol. The summed E-state index contributed by atoms with van der Waals surface area (Å²) < 4.78 is 1.68. The summed E-state index contributed by atoms with van der Waals surface area (Å²) in [5.41, 5.74) is 1.86. The number of aromatic nitrogens is 5. The van der Waals surface area contributed by atoms with Crippen LogP contribution < -0.4 is 5.32 Å². The second-order valence-corrected chi connectivity index (χ2v) is 4.22. The molecule has 0 saturated heterocycles. The molecule has 0 aliphatic rings. The summed E-state index contributed by atoms with van der Waals surface area (Å²) in [6.45, 7) is 7.66. The van der Waals surface area contributed by atoms with Crippen LogP contribution in [0.4, 0.5) is 0 Å². The predicted octanol–water partition coefficient (Wildman–Crippen LogP) is 1.17. The summed E-state index contributed by atoms with van der Waals surface area (Å²) in [6.07, 6.45) is 2.62. The molecule has 0 amide bonds. The van der Waals surface area contributed by atoms with Gasteiger partial charge in [-0.1, -0.05) is 6.92 Å². The van der Waals surface area contributed by atoms with Crippen molar-refractivity contribution in [3.8, 4) is 5.95 Å². The lowest BCUT2D eigenvalue weighted by molar-refractivity contribution is 0.623. The zero-order chi connectivity index (χ0) is 13.0. The van der Waals surface area contributed by atoms with Crippen LogP contribution in [0.25, 0.3) is 5.95 Å². The van der Waals surface area contributed by atoms with Gasteiger partial charge in [0.05, 0.1) is 6.54 Å². The van der Waals surface area contributed by atoms with Crippen LogP contribution in [-0.2, 0) is 6.54 Å². The van der Waals surface area contributed by atoms with E-state index in [9.17, 15) is 0 Å². The van der Waals surface area contributed by atoms with E-state index < -0.39 is 0 Å². The van der Waals surface area contributed by atoms with E-state index in [0.29, 0.717) is 12.5 Å². The quantitative estimate of drug-likeness (QED) is 0.802. The Bertz CT molecular complexity index is 499. The molecule has 0 atom stereocenters. The number of hydrogen-bond acceptors (Lipinski definition) is 5. The summed E-state index contributed by atoms with van der Waals surface area (Å²) in [4.78, 5) is 13.0. The summed E-state index contributed by atoms with van der Waals surface area (Å²) >= 11 is 0. The summed E-state index contributed by atoms with van der Waals surface area (Å²) in [6, 6.07) is 1.94. The fourth-order valence-corrected chi connectivity index (χ4v) is 1.73. The molecular weight excluding hydrogens is 228 g/mol. The molecule has 1 N–H and O–H groups in total. The average Bonchev–Trinajstić information content (AvgIpc) is 2.76. The second kappa shape index (κ2) is 5.68. The van der Waals surface area contributed by atoms with Gasteiger partial charge in [0.1, 0.15) is 12.2 Å². The van der Waals surface area contributed by atoms with Gasteiger partial charge in [-0.3, -0.25) is 0 Å². The molecule has 0 aromatic carbocycles. The van der Waals surface area contributed by atoms with E-state index in [1.165, 1.54) is 6.33 Å². The van der Waals surface area contributed by atoms with Crippen molar-refractivity contribution in [2.45, 2.75) is 33.7 Å². The molecule has 2 aromatic rings. The van der Waals surface area contributed by atoms with E-state index >= 15 is 0 Å². The van der Waals surface area contributed by atoms with Gasteiger partial charge in [-0.2, -0.15) is 9.78 Å². The Morgan fingerprint density at radius 2 is 1.94 bits per heavy atom. The van der Waals surface area contributed by atoms with Gasteiger partial charge in [-0.05, 0) is 32.9 Å². The highest BCUT2D eigenvalue weighted by Crippen LogP contribution is 2.05. The Morgan fingerprint density at radius 3 is 2.61 bits per heavy atom. The molecule has 0 aliphatic carbocycles. The van der Waals surface area contributed by atoms with E-state index in [1.807, 2.05) is 19.9 Å². The first-order valence-electron chi connectivity index (χ1n) is 6.13. The zero-order valence-electron chi connectivity index (χ0n) is 11.0. The maximum atomic E-state index is 4.39. The summed E-state index contributed by atoms with van der Waals surface area (Å²) in [5.74, 6) is 1.41. The van der Waals surface area contributed by atoms with Gasteiger partial charge in [-0.15, -0.1) is 0 Å². The lowest BCUT2D eigenvalue weighted by atomic mass is 10.4. The fraction of sp³-hybridized carbons (Fsp3) is 0.500. The molecule has 0 fully saturated rings. The zero-order valence-corrected chi connectivity index (χ0v) is 11.0. The Kier molecular flexibility index (Phi) is 3.99. The maximum Gasteiger partial charge on any atom is 0.252 e. The maximum absolute atomic E-state index is 4.39. The SMILES string of the molecule is CCCNCc1ncnn1-c1nc(C)cc(C)n1. The van der Waals surface area contributed by atoms with Crippen LogP contribution in [0.1, 0.15) is 30.6 Å². The minimum atomic E-state index is 0.582. The number of rotatable bonds is 5. The highest BCUT2D eigenvalue weighted by molar-refractivity contribution is 5.18. The Labute approximate surface area is 106 Å². The van der Waals surface area contributed by atoms with Crippen molar-refractivity contribution in [3.63, 3.8) is 0 Å². The highest BCUT2D eigenvalue weighted by atomic mass is 15.4. The molecule has 6 nitrogen and oxygen atoms in total. The fourth-order valence-electron chi connectivity index (χ4n) is 1.73. The van der Waals surface area contributed by atoms with Crippen LogP contribution >= 0.6 is 0 Å². The van der Waals surface area contributed by atoms with Gasteiger partial charge in [0, 0.05) is 11.4 Å². The summed E-state index contributed by atoms with van der Waals surface area (Å²) in [7, 11) is 0. The molecular formula is C12H18N6. The van der Waals surface area contributed by atoms with E-state index in [0.717, 1.165) is 30.2 Å². The molecule has 6 heteroatoms.